The van der Waals surface area contributed by atoms with E-state index in [4.69, 9.17) is 0 Å². The minimum absolute atomic E-state index is 0.0195. The third-order valence-corrected chi connectivity index (χ3v) is 3.01. The SMILES string of the molecule is CC(=O)N(C)/C(=C\c1ccccc1)c1ccccc1. The van der Waals surface area contributed by atoms with Crippen molar-refractivity contribution >= 4 is 17.7 Å². The highest BCUT2D eigenvalue weighted by Gasteiger charge is 2.10. The van der Waals surface area contributed by atoms with Crippen LogP contribution in [0.15, 0.2) is 60.7 Å². The van der Waals surface area contributed by atoms with Crippen LogP contribution >= 0.6 is 0 Å². The van der Waals surface area contributed by atoms with Gasteiger partial charge >= 0.3 is 0 Å². The van der Waals surface area contributed by atoms with Crippen LogP contribution in [0.4, 0.5) is 0 Å². The van der Waals surface area contributed by atoms with Crippen LogP contribution in [0.5, 0.6) is 0 Å². The Morgan fingerprint density at radius 1 is 0.947 bits per heavy atom. The first-order valence-corrected chi connectivity index (χ1v) is 6.25. The number of hydrogen-bond donors (Lipinski definition) is 0. The Labute approximate surface area is 114 Å². The van der Waals surface area contributed by atoms with Gasteiger partial charge in [-0.05, 0) is 17.2 Å². The number of nitrogens with zero attached hydrogens (tertiary/aromatic N) is 1. The number of rotatable bonds is 3. The summed E-state index contributed by atoms with van der Waals surface area (Å²) in [7, 11) is 1.80. The molecule has 0 saturated heterocycles. The van der Waals surface area contributed by atoms with Gasteiger partial charge in [-0.3, -0.25) is 4.79 Å². The molecule has 2 aromatic rings. The van der Waals surface area contributed by atoms with Crippen LogP contribution in [0.2, 0.25) is 0 Å². The van der Waals surface area contributed by atoms with E-state index in [0.29, 0.717) is 0 Å². The molecule has 19 heavy (non-hydrogen) atoms. The summed E-state index contributed by atoms with van der Waals surface area (Å²) in [6.45, 7) is 1.57. The van der Waals surface area contributed by atoms with Crippen LogP contribution in [-0.4, -0.2) is 17.9 Å². The summed E-state index contributed by atoms with van der Waals surface area (Å²) in [4.78, 5) is 13.3. The number of carbonyl (C=O) groups is 1. The maximum absolute atomic E-state index is 11.6. The van der Waals surface area contributed by atoms with Crippen molar-refractivity contribution in [3.8, 4) is 0 Å². The Morgan fingerprint density at radius 3 is 2.00 bits per heavy atom. The topological polar surface area (TPSA) is 20.3 Å². The molecule has 96 valence electrons. The van der Waals surface area contributed by atoms with Gasteiger partial charge in [-0.1, -0.05) is 60.7 Å². The molecule has 2 heteroatoms. The van der Waals surface area contributed by atoms with Crippen LogP contribution in [0.1, 0.15) is 18.1 Å². The Balaban J connectivity index is 2.46. The minimum atomic E-state index is 0.0195. The smallest absolute Gasteiger partial charge is 0.223 e. The fourth-order valence-electron chi connectivity index (χ4n) is 1.86. The van der Waals surface area contributed by atoms with Crippen LogP contribution in [0, 0.1) is 0 Å². The predicted molar refractivity (Wildman–Crippen MR) is 79.2 cm³/mol. The summed E-state index contributed by atoms with van der Waals surface area (Å²) in [5, 5.41) is 0. The summed E-state index contributed by atoms with van der Waals surface area (Å²) in [6, 6.07) is 19.9. The molecule has 0 aliphatic heterocycles. The first kappa shape index (κ1) is 13.1. The molecule has 2 rings (SSSR count). The zero-order valence-corrected chi connectivity index (χ0v) is 11.2. The standard InChI is InChI=1S/C17H17NO/c1-14(19)18(2)17(16-11-7-4-8-12-16)13-15-9-5-3-6-10-15/h3-13H,1-2H3/b17-13-. The van der Waals surface area contributed by atoms with Gasteiger partial charge in [0.2, 0.25) is 5.91 Å². The van der Waals surface area contributed by atoms with E-state index in [1.807, 2.05) is 66.7 Å². The molecule has 0 radical (unpaired) electrons. The first-order valence-electron chi connectivity index (χ1n) is 6.25. The van der Waals surface area contributed by atoms with Gasteiger partial charge in [0.15, 0.2) is 0 Å². The van der Waals surface area contributed by atoms with Crippen LogP contribution < -0.4 is 0 Å². The summed E-state index contributed by atoms with van der Waals surface area (Å²) in [6.07, 6.45) is 2.02. The van der Waals surface area contributed by atoms with Gasteiger partial charge in [-0.25, -0.2) is 0 Å². The lowest BCUT2D eigenvalue weighted by molar-refractivity contribution is -0.124. The molecule has 0 bridgehead atoms. The lowest BCUT2D eigenvalue weighted by Gasteiger charge is -2.19. The van der Waals surface area contributed by atoms with E-state index in [-0.39, 0.29) is 5.91 Å². The summed E-state index contributed by atoms with van der Waals surface area (Å²) in [5.41, 5.74) is 3.01. The summed E-state index contributed by atoms with van der Waals surface area (Å²) in [5.74, 6) is 0.0195. The summed E-state index contributed by atoms with van der Waals surface area (Å²) >= 11 is 0. The van der Waals surface area contributed by atoms with Crippen LogP contribution in [0.25, 0.3) is 11.8 Å². The van der Waals surface area contributed by atoms with Gasteiger partial charge < -0.3 is 4.90 Å². The lowest BCUT2D eigenvalue weighted by atomic mass is 10.1. The van der Waals surface area contributed by atoms with Crippen molar-refractivity contribution in [3.63, 3.8) is 0 Å². The van der Waals surface area contributed by atoms with Gasteiger partial charge in [0, 0.05) is 14.0 Å². The molecule has 0 aromatic heterocycles. The van der Waals surface area contributed by atoms with E-state index in [1.54, 1.807) is 18.9 Å². The van der Waals surface area contributed by atoms with E-state index in [9.17, 15) is 4.79 Å². The summed E-state index contributed by atoms with van der Waals surface area (Å²) < 4.78 is 0. The maximum atomic E-state index is 11.6. The van der Waals surface area contributed by atoms with Gasteiger partial charge in [0.25, 0.3) is 0 Å². The highest BCUT2D eigenvalue weighted by Crippen LogP contribution is 2.21. The molecule has 0 saturated carbocycles. The molecule has 0 heterocycles. The van der Waals surface area contributed by atoms with Crippen LogP contribution in [0.3, 0.4) is 0 Å². The van der Waals surface area contributed by atoms with Gasteiger partial charge in [-0.15, -0.1) is 0 Å². The van der Waals surface area contributed by atoms with E-state index < -0.39 is 0 Å². The van der Waals surface area contributed by atoms with Crippen molar-refractivity contribution in [2.24, 2.45) is 0 Å². The van der Waals surface area contributed by atoms with Crippen molar-refractivity contribution in [3.05, 3.63) is 71.8 Å². The first-order chi connectivity index (χ1) is 9.18. The van der Waals surface area contributed by atoms with Crippen molar-refractivity contribution in [1.29, 1.82) is 0 Å². The fourth-order valence-corrected chi connectivity index (χ4v) is 1.86. The second-order valence-corrected chi connectivity index (χ2v) is 4.38. The Bertz CT molecular complexity index is 573. The van der Waals surface area contributed by atoms with E-state index >= 15 is 0 Å². The molecule has 0 N–H and O–H groups in total. The molecule has 2 nitrogen and oxygen atoms in total. The molecular formula is C17H17NO. The molecule has 0 aliphatic rings. The Hall–Kier alpha value is -2.35. The fraction of sp³-hybridized carbons (Fsp3) is 0.118. The predicted octanol–water partition coefficient (Wildman–Crippen LogP) is 3.66. The van der Waals surface area contributed by atoms with Crippen molar-refractivity contribution in [2.45, 2.75) is 6.92 Å². The number of amides is 1. The normalized spacial score (nSPS) is 11.2. The van der Waals surface area contributed by atoms with Gasteiger partial charge in [-0.2, -0.15) is 0 Å². The monoisotopic (exact) mass is 251 g/mol. The third-order valence-electron chi connectivity index (χ3n) is 3.01. The molecule has 1 amide bonds. The van der Waals surface area contributed by atoms with Crippen molar-refractivity contribution in [1.82, 2.24) is 4.90 Å². The second-order valence-electron chi connectivity index (χ2n) is 4.38. The zero-order chi connectivity index (χ0) is 13.7. The molecular weight excluding hydrogens is 234 g/mol. The second kappa shape index (κ2) is 6.01. The zero-order valence-electron chi connectivity index (χ0n) is 11.2. The molecule has 0 atom stereocenters. The largest absolute Gasteiger partial charge is 0.315 e. The molecule has 0 aliphatic carbocycles. The Morgan fingerprint density at radius 2 is 1.47 bits per heavy atom. The van der Waals surface area contributed by atoms with E-state index in [0.717, 1.165) is 16.8 Å². The van der Waals surface area contributed by atoms with Crippen molar-refractivity contribution < 1.29 is 4.79 Å². The minimum Gasteiger partial charge on any atom is -0.315 e. The lowest BCUT2D eigenvalue weighted by Crippen LogP contribution is -2.22. The van der Waals surface area contributed by atoms with E-state index in [2.05, 4.69) is 0 Å². The average Bonchev–Trinajstić information content (AvgIpc) is 2.46. The highest BCUT2D eigenvalue weighted by atomic mass is 16.2. The van der Waals surface area contributed by atoms with Crippen molar-refractivity contribution in [2.75, 3.05) is 7.05 Å². The van der Waals surface area contributed by atoms with Gasteiger partial charge in [0.05, 0.1) is 5.70 Å². The quantitative estimate of drug-likeness (QED) is 0.762. The number of benzene rings is 2. The average molecular weight is 251 g/mol. The van der Waals surface area contributed by atoms with Crippen LogP contribution in [-0.2, 0) is 4.79 Å². The molecule has 0 unspecified atom stereocenters. The third kappa shape index (κ3) is 3.32. The van der Waals surface area contributed by atoms with E-state index in [1.165, 1.54) is 0 Å². The molecule has 2 aromatic carbocycles. The number of hydrogen-bond acceptors (Lipinski definition) is 1. The molecule has 0 fully saturated rings. The maximum Gasteiger partial charge on any atom is 0.223 e. The Kier molecular flexibility index (Phi) is 4.14. The van der Waals surface area contributed by atoms with Gasteiger partial charge in [0.1, 0.15) is 0 Å². The number of carbonyl (C=O) groups excluding carboxylic acids is 1. The molecule has 0 spiro atoms. The highest BCUT2D eigenvalue weighted by molar-refractivity contribution is 5.91.